The number of unbranched alkanes of at least 4 members (excludes halogenated alkanes) is 2. The van der Waals surface area contributed by atoms with Gasteiger partial charge >= 0.3 is 5.69 Å². The summed E-state index contributed by atoms with van der Waals surface area (Å²) in [5, 5.41) is 0.453. The van der Waals surface area contributed by atoms with Gasteiger partial charge in [-0.25, -0.2) is 9.78 Å². The molecule has 5 nitrogen and oxygen atoms in total. The molecule has 124 valence electrons. The van der Waals surface area contributed by atoms with Crippen LogP contribution in [0.3, 0.4) is 0 Å². The van der Waals surface area contributed by atoms with Crippen LogP contribution in [0.2, 0.25) is 5.02 Å². The molecule has 0 saturated carbocycles. The summed E-state index contributed by atoms with van der Waals surface area (Å²) < 4.78 is 1.69. The molecule has 0 saturated heterocycles. The van der Waals surface area contributed by atoms with Crippen LogP contribution in [0.25, 0.3) is 22.3 Å². The number of aryl methyl sites for hydroxylation is 1. The topological polar surface area (TPSA) is 67.8 Å². The third-order valence-corrected chi connectivity index (χ3v) is 4.33. The van der Waals surface area contributed by atoms with Crippen LogP contribution in [0.4, 0.5) is 0 Å². The zero-order valence-corrected chi connectivity index (χ0v) is 14.1. The Morgan fingerprint density at radius 2 is 2.17 bits per heavy atom. The lowest BCUT2D eigenvalue weighted by Crippen LogP contribution is -2.17. The number of nitrogens with one attached hydrogen (secondary N) is 1. The van der Waals surface area contributed by atoms with Crippen molar-refractivity contribution in [3.8, 4) is 11.1 Å². The monoisotopic (exact) mass is 343 g/mol. The molecule has 0 spiro atoms. The van der Waals surface area contributed by atoms with Crippen LogP contribution in [0, 0.1) is 0 Å². The highest BCUT2D eigenvalue weighted by Gasteiger charge is 2.17. The lowest BCUT2D eigenvalue weighted by Gasteiger charge is -2.10. The van der Waals surface area contributed by atoms with Gasteiger partial charge in [0.2, 0.25) is 0 Å². The molecule has 2 heterocycles. The second-order valence-electron chi connectivity index (χ2n) is 5.71. The van der Waals surface area contributed by atoms with Crippen molar-refractivity contribution in [2.45, 2.75) is 32.7 Å². The number of carbonyl (C=O) groups excluding carboxylic acids is 1. The van der Waals surface area contributed by atoms with Crippen molar-refractivity contribution in [3.63, 3.8) is 0 Å². The van der Waals surface area contributed by atoms with Gasteiger partial charge in [0.25, 0.3) is 0 Å². The number of hydrogen-bond acceptors (Lipinski definition) is 3. The van der Waals surface area contributed by atoms with E-state index in [0.29, 0.717) is 28.3 Å². The fourth-order valence-corrected chi connectivity index (χ4v) is 3.13. The fraction of sp³-hybridized carbons (Fsp3) is 0.278. The number of nitrogens with zero attached hydrogens (tertiary/aromatic N) is 2. The smallest absolute Gasteiger partial charge is 0.298 e. The van der Waals surface area contributed by atoms with Crippen LogP contribution < -0.4 is 5.69 Å². The van der Waals surface area contributed by atoms with Crippen molar-refractivity contribution in [2.75, 3.05) is 0 Å². The Hall–Kier alpha value is -2.40. The summed E-state index contributed by atoms with van der Waals surface area (Å²) in [6, 6.07) is 7.17. The molecule has 3 aromatic rings. The minimum atomic E-state index is -0.191. The quantitative estimate of drug-likeness (QED) is 0.542. The Labute approximate surface area is 144 Å². The first-order valence-electron chi connectivity index (χ1n) is 7.98. The number of aldehydes is 1. The Kier molecular flexibility index (Phi) is 4.81. The second kappa shape index (κ2) is 7.01. The maximum Gasteiger partial charge on any atom is 0.327 e. The van der Waals surface area contributed by atoms with Crippen molar-refractivity contribution < 1.29 is 4.79 Å². The van der Waals surface area contributed by atoms with E-state index >= 15 is 0 Å². The summed E-state index contributed by atoms with van der Waals surface area (Å²) in [6.45, 7) is 2.72. The Morgan fingerprint density at radius 1 is 1.33 bits per heavy atom. The molecule has 0 aliphatic rings. The first-order chi connectivity index (χ1) is 11.7. The van der Waals surface area contributed by atoms with Gasteiger partial charge in [-0.2, -0.15) is 0 Å². The summed E-state index contributed by atoms with van der Waals surface area (Å²) >= 11 is 6.40. The fourth-order valence-electron chi connectivity index (χ4n) is 2.88. The van der Waals surface area contributed by atoms with Crippen LogP contribution in [-0.4, -0.2) is 20.8 Å². The molecular weight excluding hydrogens is 326 g/mol. The third kappa shape index (κ3) is 2.99. The van der Waals surface area contributed by atoms with Crippen molar-refractivity contribution >= 4 is 29.1 Å². The van der Waals surface area contributed by atoms with E-state index in [1.165, 1.54) is 6.20 Å². The van der Waals surface area contributed by atoms with E-state index < -0.39 is 0 Å². The van der Waals surface area contributed by atoms with Crippen molar-refractivity contribution in [1.82, 2.24) is 14.5 Å². The van der Waals surface area contributed by atoms with Gasteiger partial charge in [-0.3, -0.25) is 14.3 Å². The SMILES string of the molecule is CCCCCn1c(=O)[nH]c2ncc(Cl)c(-c3cccc(C=O)c3)c21. The van der Waals surface area contributed by atoms with Crippen LogP contribution >= 0.6 is 11.6 Å². The molecule has 0 atom stereocenters. The number of hydrogen-bond donors (Lipinski definition) is 1. The molecule has 0 fully saturated rings. The molecule has 3 rings (SSSR count). The van der Waals surface area contributed by atoms with Crippen molar-refractivity contribution in [1.29, 1.82) is 0 Å². The molecule has 1 aromatic carbocycles. The normalized spacial score (nSPS) is 11.1. The predicted molar refractivity (Wildman–Crippen MR) is 95.7 cm³/mol. The van der Waals surface area contributed by atoms with Crippen LogP contribution in [-0.2, 0) is 6.54 Å². The second-order valence-corrected chi connectivity index (χ2v) is 6.12. The van der Waals surface area contributed by atoms with E-state index in [2.05, 4.69) is 16.9 Å². The number of aromatic amines is 1. The van der Waals surface area contributed by atoms with Gasteiger partial charge in [-0.15, -0.1) is 0 Å². The van der Waals surface area contributed by atoms with E-state index in [0.717, 1.165) is 36.7 Å². The number of halogens is 1. The van der Waals surface area contributed by atoms with E-state index in [1.807, 2.05) is 6.07 Å². The summed E-state index contributed by atoms with van der Waals surface area (Å²) in [5.74, 6) is 0. The molecule has 0 bridgehead atoms. The molecule has 0 amide bonds. The van der Waals surface area contributed by atoms with E-state index in [4.69, 9.17) is 11.6 Å². The highest BCUT2D eigenvalue weighted by molar-refractivity contribution is 6.34. The highest BCUT2D eigenvalue weighted by atomic mass is 35.5. The van der Waals surface area contributed by atoms with Gasteiger partial charge in [-0.1, -0.05) is 49.6 Å². The number of aromatic nitrogens is 3. The number of benzene rings is 1. The standard InChI is InChI=1S/C18H18ClN3O2/c1-2-3-4-8-22-16-15(13-7-5-6-12(9-13)11-23)14(19)10-20-17(16)21-18(22)24/h5-7,9-11H,2-4,8H2,1H3,(H,20,21,24). The average molecular weight is 344 g/mol. The van der Waals surface area contributed by atoms with Gasteiger partial charge in [0.1, 0.15) is 6.29 Å². The van der Waals surface area contributed by atoms with Gasteiger partial charge in [0, 0.05) is 23.9 Å². The lowest BCUT2D eigenvalue weighted by atomic mass is 10.0. The Bertz CT molecular complexity index is 943. The summed E-state index contributed by atoms with van der Waals surface area (Å²) in [5.41, 5.74) is 3.08. The largest absolute Gasteiger partial charge is 0.327 e. The van der Waals surface area contributed by atoms with Gasteiger partial charge < -0.3 is 0 Å². The first-order valence-corrected chi connectivity index (χ1v) is 8.36. The first kappa shape index (κ1) is 16.5. The number of rotatable bonds is 6. The minimum Gasteiger partial charge on any atom is -0.298 e. The Balaban J connectivity index is 2.23. The molecule has 24 heavy (non-hydrogen) atoms. The number of imidazole rings is 1. The number of H-pyrrole nitrogens is 1. The lowest BCUT2D eigenvalue weighted by molar-refractivity contribution is 0.112. The molecule has 6 heteroatoms. The summed E-state index contributed by atoms with van der Waals surface area (Å²) in [6.07, 6.45) is 5.34. The minimum absolute atomic E-state index is 0.191. The molecule has 0 aliphatic carbocycles. The molecule has 0 radical (unpaired) electrons. The zero-order valence-electron chi connectivity index (χ0n) is 13.4. The molecule has 0 aliphatic heterocycles. The molecular formula is C18H18ClN3O2. The van der Waals surface area contributed by atoms with Gasteiger partial charge in [0.05, 0.1) is 10.5 Å². The van der Waals surface area contributed by atoms with Gasteiger partial charge in [0.15, 0.2) is 5.65 Å². The van der Waals surface area contributed by atoms with Crippen LogP contribution in [0.15, 0.2) is 35.3 Å². The average Bonchev–Trinajstić information content (AvgIpc) is 2.91. The Morgan fingerprint density at radius 3 is 2.92 bits per heavy atom. The van der Waals surface area contributed by atoms with Crippen LogP contribution in [0.5, 0.6) is 0 Å². The van der Waals surface area contributed by atoms with E-state index in [1.54, 1.807) is 22.8 Å². The predicted octanol–water partition coefficient (Wildman–Crippen LogP) is 4.05. The number of carbonyl (C=O) groups is 1. The van der Waals surface area contributed by atoms with E-state index in [9.17, 15) is 9.59 Å². The maximum atomic E-state index is 12.3. The number of pyridine rings is 1. The zero-order chi connectivity index (χ0) is 17.1. The summed E-state index contributed by atoms with van der Waals surface area (Å²) in [4.78, 5) is 30.4. The molecule has 2 aromatic heterocycles. The van der Waals surface area contributed by atoms with Crippen LogP contribution in [0.1, 0.15) is 36.5 Å². The van der Waals surface area contributed by atoms with E-state index in [-0.39, 0.29) is 5.69 Å². The third-order valence-electron chi connectivity index (χ3n) is 4.04. The highest BCUT2D eigenvalue weighted by Crippen LogP contribution is 2.33. The van der Waals surface area contributed by atoms with Crippen molar-refractivity contribution in [3.05, 3.63) is 51.5 Å². The molecule has 0 unspecified atom stereocenters. The number of fused-ring (bicyclic) bond motifs is 1. The maximum absolute atomic E-state index is 12.3. The summed E-state index contributed by atoms with van der Waals surface area (Å²) in [7, 11) is 0. The molecule has 1 N–H and O–H groups in total. The van der Waals surface area contributed by atoms with Gasteiger partial charge in [-0.05, 0) is 18.1 Å². The van der Waals surface area contributed by atoms with Crippen molar-refractivity contribution in [2.24, 2.45) is 0 Å².